The van der Waals surface area contributed by atoms with Gasteiger partial charge in [0, 0.05) is 31.9 Å². The Labute approximate surface area is 180 Å². The number of rotatable bonds is 5. The van der Waals surface area contributed by atoms with Gasteiger partial charge in [-0.05, 0) is 43.3 Å². The highest BCUT2D eigenvalue weighted by Crippen LogP contribution is 2.17. The number of amides is 2. The molecule has 3 aromatic rings. The van der Waals surface area contributed by atoms with Gasteiger partial charge in [-0.1, -0.05) is 18.2 Å². The zero-order valence-corrected chi connectivity index (χ0v) is 17.3. The van der Waals surface area contributed by atoms with Gasteiger partial charge in [-0.25, -0.2) is 9.07 Å². The molecule has 1 N–H and O–H groups in total. The lowest BCUT2D eigenvalue weighted by molar-refractivity contribution is -0.117. The largest absolute Gasteiger partial charge is 0.336 e. The van der Waals surface area contributed by atoms with E-state index in [0.717, 1.165) is 11.4 Å². The molecule has 1 saturated heterocycles. The van der Waals surface area contributed by atoms with Crippen LogP contribution in [0.5, 0.6) is 0 Å². The summed E-state index contributed by atoms with van der Waals surface area (Å²) in [6.07, 6.45) is 1.62. The Morgan fingerprint density at radius 3 is 2.35 bits per heavy atom. The number of nitrogens with zero attached hydrogens (tertiary/aromatic N) is 4. The van der Waals surface area contributed by atoms with Crippen molar-refractivity contribution in [3.8, 4) is 5.69 Å². The van der Waals surface area contributed by atoms with Crippen molar-refractivity contribution >= 4 is 17.5 Å². The molecule has 31 heavy (non-hydrogen) atoms. The molecule has 1 aromatic heterocycles. The topological polar surface area (TPSA) is 70.5 Å². The summed E-state index contributed by atoms with van der Waals surface area (Å²) in [5.41, 5.74) is 2.87. The fourth-order valence-corrected chi connectivity index (χ4v) is 3.67. The summed E-state index contributed by atoms with van der Waals surface area (Å²) in [6.45, 7) is 4.41. The average Bonchev–Trinajstić information content (AvgIpc) is 3.17. The molecular weight excluding hydrogens is 397 g/mol. The lowest BCUT2D eigenvalue weighted by atomic mass is 10.2. The van der Waals surface area contributed by atoms with Crippen molar-refractivity contribution in [3.05, 3.63) is 77.9 Å². The van der Waals surface area contributed by atoms with Gasteiger partial charge < -0.3 is 10.2 Å². The quantitative estimate of drug-likeness (QED) is 0.688. The molecule has 0 bridgehead atoms. The van der Waals surface area contributed by atoms with Crippen molar-refractivity contribution < 1.29 is 14.0 Å². The number of benzene rings is 2. The van der Waals surface area contributed by atoms with Crippen molar-refractivity contribution in [2.75, 3.05) is 38.0 Å². The Balaban J connectivity index is 1.31. The number of hydrogen-bond donors (Lipinski definition) is 1. The molecule has 1 aliphatic heterocycles. The molecule has 0 unspecified atom stereocenters. The third-order valence-corrected chi connectivity index (χ3v) is 5.40. The molecule has 4 rings (SSSR count). The third-order valence-electron chi connectivity index (χ3n) is 5.40. The minimum atomic E-state index is -0.344. The van der Waals surface area contributed by atoms with Crippen LogP contribution in [0.25, 0.3) is 5.69 Å². The molecule has 2 amide bonds. The smallest absolute Gasteiger partial charge is 0.257 e. The summed E-state index contributed by atoms with van der Waals surface area (Å²) in [6, 6.07) is 15.4. The van der Waals surface area contributed by atoms with E-state index in [1.807, 2.05) is 42.2 Å². The molecule has 1 fully saturated rings. The maximum Gasteiger partial charge on any atom is 0.257 e. The summed E-state index contributed by atoms with van der Waals surface area (Å²) in [5.74, 6) is -0.551. The van der Waals surface area contributed by atoms with E-state index in [4.69, 9.17) is 0 Å². The van der Waals surface area contributed by atoms with Gasteiger partial charge in [0.05, 0.1) is 29.7 Å². The molecule has 2 heterocycles. The number of para-hydroxylation sites is 1. The predicted molar refractivity (Wildman–Crippen MR) is 116 cm³/mol. The summed E-state index contributed by atoms with van der Waals surface area (Å²) in [7, 11) is 0. The van der Waals surface area contributed by atoms with Gasteiger partial charge in [-0.2, -0.15) is 5.10 Å². The second kappa shape index (κ2) is 9.09. The zero-order valence-electron chi connectivity index (χ0n) is 17.3. The second-order valence-electron chi connectivity index (χ2n) is 7.51. The van der Waals surface area contributed by atoms with E-state index in [1.165, 1.54) is 24.3 Å². The van der Waals surface area contributed by atoms with Crippen molar-refractivity contribution in [2.45, 2.75) is 6.92 Å². The number of piperazine rings is 1. The van der Waals surface area contributed by atoms with Gasteiger partial charge in [-0.15, -0.1) is 0 Å². The Kier molecular flexibility index (Phi) is 6.08. The Hall–Kier alpha value is -3.52. The average molecular weight is 421 g/mol. The van der Waals surface area contributed by atoms with Crippen LogP contribution < -0.4 is 5.32 Å². The molecule has 8 heteroatoms. The zero-order chi connectivity index (χ0) is 21.8. The third kappa shape index (κ3) is 4.80. The minimum Gasteiger partial charge on any atom is -0.336 e. The Bertz CT molecular complexity index is 1060. The van der Waals surface area contributed by atoms with Crippen LogP contribution in [0, 0.1) is 12.7 Å². The van der Waals surface area contributed by atoms with Crippen LogP contribution >= 0.6 is 0 Å². The molecule has 0 radical (unpaired) electrons. The molecule has 1 aliphatic rings. The van der Waals surface area contributed by atoms with Crippen LogP contribution in [0.4, 0.5) is 10.1 Å². The van der Waals surface area contributed by atoms with Gasteiger partial charge in [0.25, 0.3) is 5.91 Å². The summed E-state index contributed by atoms with van der Waals surface area (Å²) >= 11 is 0. The van der Waals surface area contributed by atoms with Gasteiger partial charge in [-0.3, -0.25) is 14.5 Å². The summed E-state index contributed by atoms with van der Waals surface area (Å²) in [4.78, 5) is 29.1. The van der Waals surface area contributed by atoms with Gasteiger partial charge in [0.15, 0.2) is 0 Å². The first kappa shape index (κ1) is 20.7. The first-order valence-electron chi connectivity index (χ1n) is 10.2. The number of anilines is 1. The fourth-order valence-electron chi connectivity index (χ4n) is 3.67. The van der Waals surface area contributed by atoms with Crippen LogP contribution in [0.3, 0.4) is 0 Å². The SMILES string of the molecule is Cc1c(C(=O)N2CCN(CC(=O)Nc3ccc(F)cc3)CC2)cnn1-c1ccccc1. The maximum atomic E-state index is 13.0. The molecule has 0 aliphatic carbocycles. The molecule has 2 aromatic carbocycles. The van der Waals surface area contributed by atoms with E-state index >= 15 is 0 Å². The van der Waals surface area contributed by atoms with Gasteiger partial charge in [0.1, 0.15) is 5.82 Å². The van der Waals surface area contributed by atoms with Crippen LogP contribution in [-0.2, 0) is 4.79 Å². The lowest BCUT2D eigenvalue weighted by Crippen LogP contribution is -2.50. The van der Waals surface area contributed by atoms with Crippen LogP contribution in [0.15, 0.2) is 60.8 Å². The standard InChI is InChI=1S/C23H24FN5O2/c1-17-21(15-25-29(17)20-5-3-2-4-6-20)23(31)28-13-11-27(12-14-28)16-22(30)26-19-9-7-18(24)8-10-19/h2-10,15H,11-14,16H2,1H3,(H,26,30). The maximum absolute atomic E-state index is 13.0. The normalized spacial score (nSPS) is 14.5. The molecule has 0 atom stereocenters. The number of carbonyl (C=O) groups excluding carboxylic acids is 2. The number of carbonyl (C=O) groups is 2. The second-order valence-corrected chi connectivity index (χ2v) is 7.51. The van der Waals surface area contributed by atoms with Crippen LogP contribution in [-0.4, -0.2) is 64.1 Å². The molecule has 0 spiro atoms. The first-order chi connectivity index (χ1) is 15.0. The van der Waals surface area contributed by atoms with E-state index in [0.29, 0.717) is 37.4 Å². The lowest BCUT2D eigenvalue weighted by Gasteiger charge is -2.34. The number of aromatic nitrogens is 2. The minimum absolute atomic E-state index is 0.0462. The van der Waals surface area contributed by atoms with Crippen molar-refractivity contribution in [1.82, 2.24) is 19.6 Å². The van der Waals surface area contributed by atoms with E-state index in [-0.39, 0.29) is 24.2 Å². The highest BCUT2D eigenvalue weighted by Gasteiger charge is 2.26. The predicted octanol–water partition coefficient (Wildman–Crippen LogP) is 2.72. The van der Waals surface area contributed by atoms with E-state index in [2.05, 4.69) is 10.4 Å². The Morgan fingerprint density at radius 1 is 1.00 bits per heavy atom. The monoisotopic (exact) mass is 421 g/mol. The van der Waals surface area contributed by atoms with Crippen LogP contribution in [0.2, 0.25) is 0 Å². The number of nitrogens with one attached hydrogen (secondary N) is 1. The molecule has 160 valence electrons. The van der Waals surface area contributed by atoms with Gasteiger partial charge >= 0.3 is 0 Å². The van der Waals surface area contributed by atoms with E-state index < -0.39 is 0 Å². The van der Waals surface area contributed by atoms with E-state index in [1.54, 1.807) is 15.8 Å². The van der Waals surface area contributed by atoms with Crippen LogP contribution in [0.1, 0.15) is 16.1 Å². The van der Waals surface area contributed by atoms with Crippen molar-refractivity contribution in [3.63, 3.8) is 0 Å². The number of hydrogen-bond acceptors (Lipinski definition) is 4. The number of halogens is 1. The molecule has 7 nitrogen and oxygen atoms in total. The molecule has 0 saturated carbocycles. The van der Waals surface area contributed by atoms with E-state index in [9.17, 15) is 14.0 Å². The van der Waals surface area contributed by atoms with Crippen molar-refractivity contribution in [1.29, 1.82) is 0 Å². The van der Waals surface area contributed by atoms with Crippen molar-refractivity contribution in [2.24, 2.45) is 0 Å². The first-order valence-corrected chi connectivity index (χ1v) is 10.2. The van der Waals surface area contributed by atoms with Gasteiger partial charge in [0.2, 0.25) is 5.91 Å². The Morgan fingerprint density at radius 2 is 1.68 bits per heavy atom. The summed E-state index contributed by atoms with van der Waals surface area (Å²) < 4.78 is 14.7. The molecular formula is C23H24FN5O2. The highest BCUT2D eigenvalue weighted by atomic mass is 19.1. The highest BCUT2D eigenvalue weighted by molar-refractivity contribution is 5.95. The fraction of sp³-hybridized carbons (Fsp3) is 0.261. The summed E-state index contributed by atoms with van der Waals surface area (Å²) in [5, 5.41) is 7.15.